The van der Waals surface area contributed by atoms with Crippen LogP contribution in [0, 0.1) is 0 Å². The van der Waals surface area contributed by atoms with E-state index in [0.717, 1.165) is 29.0 Å². The summed E-state index contributed by atoms with van der Waals surface area (Å²) in [6.45, 7) is 4.19. The van der Waals surface area contributed by atoms with Crippen molar-refractivity contribution in [1.82, 2.24) is 10.7 Å². The van der Waals surface area contributed by atoms with Gasteiger partial charge in [0.1, 0.15) is 5.75 Å². The molecule has 0 saturated heterocycles. The Hall–Kier alpha value is -3.12. The number of hydrogen-bond acceptors (Lipinski definition) is 5. The second-order valence-electron chi connectivity index (χ2n) is 7.18. The van der Waals surface area contributed by atoms with Crippen molar-refractivity contribution in [2.45, 2.75) is 25.8 Å². The predicted molar refractivity (Wildman–Crippen MR) is 104 cm³/mol. The minimum Gasteiger partial charge on any atom is -0.497 e. The maximum atomic E-state index is 12.8. The van der Waals surface area contributed by atoms with Gasteiger partial charge in [0, 0.05) is 34.0 Å². The van der Waals surface area contributed by atoms with E-state index in [2.05, 4.69) is 24.6 Å². The maximum Gasteiger partial charge on any atom is 0.265 e. The van der Waals surface area contributed by atoms with Crippen LogP contribution >= 0.6 is 0 Å². The van der Waals surface area contributed by atoms with Crippen LogP contribution in [0.25, 0.3) is 5.70 Å². The molecule has 27 heavy (non-hydrogen) atoms. The summed E-state index contributed by atoms with van der Waals surface area (Å²) in [7, 11) is 1.62. The number of nitrogens with two attached hydrogens (primary N) is 1. The molecule has 0 fully saturated rings. The molecule has 0 bridgehead atoms. The van der Waals surface area contributed by atoms with Crippen molar-refractivity contribution in [1.29, 1.82) is 0 Å². The lowest BCUT2D eigenvalue weighted by molar-refractivity contribution is 0.0952. The lowest BCUT2D eigenvalue weighted by Crippen LogP contribution is -2.43. The van der Waals surface area contributed by atoms with Crippen LogP contribution in [-0.2, 0) is 6.42 Å². The van der Waals surface area contributed by atoms with Gasteiger partial charge in [-0.3, -0.25) is 15.0 Å². The van der Waals surface area contributed by atoms with Gasteiger partial charge in [0.15, 0.2) is 5.78 Å². The van der Waals surface area contributed by atoms with Crippen LogP contribution in [-0.4, -0.2) is 24.3 Å². The third-order valence-electron chi connectivity index (χ3n) is 4.55. The highest BCUT2D eigenvalue weighted by molar-refractivity contribution is 6.09. The fraction of sp³-hybridized carbons (Fsp3) is 0.238. The van der Waals surface area contributed by atoms with Gasteiger partial charge in [-0.05, 0) is 50.1 Å². The fourth-order valence-electron chi connectivity index (χ4n) is 3.24. The number of amides is 1. The van der Waals surface area contributed by atoms with Gasteiger partial charge in [-0.1, -0.05) is 18.2 Å². The Kier molecular flexibility index (Phi) is 5.01. The first-order valence-corrected chi connectivity index (χ1v) is 8.65. The second-order valence-corrected chi connectivity index (χ2v) is 7.18. The number of hydrogen-bond donors (Lipinski definition) is 3. The van der Waals surface area contributed by atoms with Crippen molar-refractivity contribution in [3.63, 3.8) is 0 Å². The summed E-state index contributed by atoms with van der Waals surface area (Å²) >= 11 is 0. The van der Waals surface area contributed by atoms with Crippen molar-refractivity contribution in [2.24, 2.45) is 5.84 Å². The lowest BCUT2D eigenvalue weighted by Gasteiger charge is -2.35. The maximum absolute atomic E-state index is 12.8. The first kappa shape index (κ1) is 18.7. The van der Waals surface area contributed by atoms with E-state index in [9.17, 15) is 9.59 Å². The van der Waals surface area contributed by atoms with Gasteiger partial charge in [0.25, 0.3) is 5.91 Å². The van der Waals surface area contributed by atoms with Gasteiger partial charge in [0.2, 0.25) is 0 Å². The summed E-state index contributed by atoms with van der Waals surface area (Å²) < 4.78 is 5.33. The van der Waals surface area contributed by atoms with E-state index in [1.807, 2.05) is 18.2 Å². The van der Waals surface area contributed by atoms with Gasteiger partial charge in [0.05, 0.1) is 7.11 Å². The number of benzene rings is 2. The van der Waals surface area contributed by atoms with Crippen LogP contribution in [0.4, 0.5) is 0 Å². The molecule has 2 aromatic carbocycles. The normalized spacial score (nSPS) is 16.2. The van der Waals surface area contributed by atoms with Crippen molar-refractivity contribution in [3.05, 3.63) is 70.8 Å². The number of methoxy groups -OCH3 is 1. The summed E-state index contributed by atoms with van der Waals surface area (Å²) in [6, 6.07) is 12.3. The Bertz CT molecular complexity index is 915. The average molecular weight is 365 g/mol. The summed E-state index contributed by atoms with van der Waals surface area (Å²) in [5.41, 5.74) is 5.67. The van der Waals surface area contributed by atoms with Crippen LogP contribution < -0.4 is 21.3 Å². The summed E-state index contributed by atoms with van der Waals surface area (Å²) in [4.78, 5) is 24.3. The van der Waals surface area contributed by atoms with E-state index in [0.29, 0.717) is 11.1 Å². The molecule has 0 radical (unpaired) electrons. The van der Waals surface area contributed by atoms with Gasteiger partial charge >= 0.3 is 0 Å². The number of allylic oxidation sites excluding steroid dienone is 1. The molecule has 1 aliphatic heterocycles. The predicted octanol–water partition coefficient (Wildman–Crippen LogP) is 2.45. The molecule has 0 spiro atoms. The number of carbonyl (C=O) groups is 2. The summed E-state index contributed by atoms with van der Waals surface area (Å²) in [5, 5.41) is 3.44. The highest BCUT2D eigenvalue weighted by Crippen LogP contribution is 2.32. The molecule has 6 nitrogen and oxygen atoms in total. The van der Waals surface area contributed by atoms with Crippen LogP contribution in [0.1, 0.15) is 45.7 Å². The standard InChI is InChI=1S/C21H23N3O3/c1-21(2)12-15-8-9-16(27-3)10-17(15)18(23-21)11-19(25)13-4-6-14(7-5-13)20(26)24-22/h4-11,23H,12,22H2,1-3H3,(H,24,26)/b18-11-. The number of fused-ring (bicyclic) bond motifs is 1. The fourth-order valence-corrected chi connectivity index (χ4v) is 3.24. The van der Waals surface area contributed by atoms with Gasteiger partial charge < -0.3 is 10.1 Å². The number of nitrogen functional groups attached to an aromatic ring is 1. The van der Waals surface area contributed by atoms with E-state index < -0.39 is 5.91 Å². The smallest absolute Gasteiger partial charge is 0.265 e. The molecule has 0 aromatic heterocycles. The number of nitrogens with one attached hydrogen (secondary N) is 2. The van der Waals surface area contributed by atoms with Crippen LogP contribution in [0.3, 0.4) is 0 Å². The molecule has 140 valence electrons. The molecule has 4 N–H and O–H groups in total. The summed E-state index contributed by atoms with van der Waals surface area (Å²) in [5.74, 6) is 5.32. The highest BCUT2D eigenvalue weighted by atomic mass is 16.5. The Morgan fingerprint density at radius 2 is 1.81 bits per heavy atom. The molecular formula is C21H23N3O3. The van der Waals surface area contributed by atoms with E-state index in [-0.39, 0.29) is 11.3 Å². The molecule has 2 aromatic rings. The molecule has 0 aliphatic carbocycles. The zero-order valence-corrected chi connectivity index (χ0v) is 15.6. The zero-order chi connectivity index (χ0) is 19.6. The third-order valence-corrected chi connectivity index (χ3v) is 4.55. The summed E-state index contributed by atoms with van der Waals surface area (Å²) in [6.07, 6.45) is 2.44. The largest absolute Gasteiger partial charge is 0.497 e. The average Bonchev–Trinajstić information content (AvgIpc) is 2.66. The lowest BCUT2D eigenvalue weighted by atomic mass is 9.85. The molecule has 1 amide bonds. The minimum atomic E-state index is -0.399. The van der Waals surface area contributed by atoms with Crippen molar-refractivity contribution >= 4 is 17.4 Å². The van der Waals surface area contributed by atoms with Gasteiger partial charge in [-0.25, -0.2) is 5.84 Å². The van der Waals surface area contributed by atoms with Crippen molar-refractivity contribution in [3.8, 4) is 5.75 Å². The van der Waals surface area contributed by atoms with Crippen LogP contribution in [0.15, 0.2) is 48.5 Å². The molecule has 0 saturated carbocycles. The number of hydrazine groups is 1. The van der Waals surface area contributed by atoms with Crippen molar-refractivity contribution in [2.75, 3.05) is 7.11 Å². The van der Waals surface area contributed by atoms with Crippen LogP contribution in [0.5, 0.6) is 5.75 Å². The van der Waals surface area contributed by atoms with E-state index >= 15 is 0 Å². The Balaban J connectivity index is 1.96. The van der Waals surface area contributed by atoms with Gasteiger partial charge in [-0.2, -0.15) is 0 Å². The molecular weight excluding hydrogens is 342 g/mol. The van der Waals surface area contributed by atoms with Crippen molar-refractivity contribution < 1.29 is 14.3 Å². The second kappa shape index (κ2) is 7.25. The molecule has 0 atom stereocenters. The molecule has 1 aliphatic rings. The molecule has 1 heterocycles. The molecule has 6 heteroatoms. The zero-order valence-electron chi connectivity index (χ0n) is 15.6. The highest BCUT2D eigenvalue weighted by Gasteiger charge is 2.28. The first-order valence-electron chi connectivity index (χ1n) is 8.65. The van der Waals surface area contributed by atoms with Gasteiger partial charge in [-0.15, -0.1) is 0 Å². The van der Waals surface area contributed by atoms with Crippen LogP contribution in [0.2, 0.25) is 0 Å². The third kappa shape index (κ3) is 4.01. The SMILES string of the molecule is COc1ccc2c(c1)/C(=C/C(=O)c1ccc(C(=O)NN)cc1)NC(C)(C)C2. The Labute approximate surface area is 158 Å². The van der Waals surface area contributed by atoms with E-state index in [1.165, 1.54) is 0 Å². The van der Waals surface area contributed by atoms with E-state index in [4.69, 9.17) is 10.6 Å². The van der Waals surface area contributed by atoms with E-state index in [1.54, 1.807) is 37.5 Å². The Morgan fingerprint density at radius 3 is 2.44 bits per heavy atom. The number of carbonyl (C=O) groups excluding carboxylic acids is 2. The minimum absolute atomic E-state index is 0.149. The number of ketones is 1. The number of ether oxygens (including phenoxy) is 1. The quantitative estimate of drug-likeness (QED) is 0.254. The molecule has 3 rings (SSSR count). The monoisotopic (exact) mass is 365 g/mol. The molecule has 0 unspecified atom stereocenters. The first-order chi connectivity index (χ1) is 12.8. The Morgan fingerprint density at radius 1 is 1.15 bits per heavy atom. The topological polar surface area (TPSA) is 93.5 Å². The number of rotatable bonds is 4.